The number of carbonyl (C=O) groups is 4. The summed E-state index contributed by atoms with van der Waals surface area (Å²) < 4.78 is 5.73. The van der Waals surface area contributed by atoms with Gasteiger partial charge >= 0.3 is 6.09 Å². The lowest BCUT2D eigenvalue weighted by molar-refractivity contribution is -0.128. The highest BCUT2D eigenvalue weighted by Crippen LogP contribution is 2.44. The lowest BCUT2D eigenvalue weighted by Crippen LogP contribution is -2.53. The van der Waals surface area contributed by atoms with Gasteiger partial charge in [0.15, 0.2) is 0 Å². The first kappa shape index (κ1) is 22.0. The minimum absolute atomic E-state index is 0.0884. The Balaban J connectivity index is 1.14. The maximum absolute atomic E-state index is 13.1. The molecule has 0 saturated carbocycles. The number of carbonyl (C=O) groups excluding carboxylic acids is 4. The quantitative estimate of drug-likeness (QED) is 0.573. The topological polar surface area (TPSA) is 96.0 Å². The van der Waals surface area contributed by atoms with E-state index in [9.17, 15) is 19.2 Å². The number of amides is 4. The van der Waals surface area contributed by atoms with Gasteiger partial charge in [-0.3, -0.25) is 24.7 Å². The second-order valence-corrected chi connectivity index (χ2v) is 9.12. The number of hydrogen-bond acceptors (Lipinski definition) is 5. The number of ether oxygens (including phenoxy) is 1. The summed E-state index contributed by atoms with van der Waals surface area (Å²) in [4.78, 5) is 52.7. The van der Waals surface area contributed by atoms with Gasteiger partial charge in [-0.15, -0.1) is 0 Å². The molecule has 6 rings (SSSR count). The van der Waals surface area contributed by atoms with Gasteiger partial charge in [-0.1, -0.05) is 60.7 Å². The van der Waals surface area contributed by atoms with Crippen LogP contribution in [-0.4, -0.2) is 52.9 Å². The molecule has 3 aliphatic rings. The second-order valence-electron chi connectivity index (χ2n) is 9.12. The second kappa shape index (κ2) is 8.64. The number of rotatable bonds is 4. The van der Waals surface area contributed by atoms with Crippen LogP contribution in [-0.2, 0) is 9.53 Å². The van der Waals surface area contributed by atoms with E-state index in [-0.39, 0.29) is 23.7 Å². The number of imide groups is 1. The zero-order valence-corrected chi connectivity index (χ0v) is 19.3. The van der Waals surface area contributed by atoms with Crippen molar-refractivity contribution >= 4 is 23.8 Å². The molecule has 2 aliphatic heterocycles. The van der Waals surface area contributed by atoms with Crippen molar-refractivity contribution in [3.63, 3.8) is 0 Å². The van der Waals surface area contributed by atoms with Gasteiger partial charge in [-0.05, 0) is 47.2 Å². The molecule has 3 aromatic carbocycles. The molecule has 0 aromatic heterocycles. The number of fused-ring (bicyclic) bond motifs is 4. The summed E-state index contributed by atoms with van der Waals surface area (Å²) >= 11 is 0. The van der Waals surface area contributed by atoms with E-state index in [0.29, 0.717) is 19.4 Å². The van der Waals surface area contributed by atoms with Gasteiger partial charge < -0.3 is 4.74 Å². The number of nitrogens with one attached hydrogen (secondary N) is 1. The van der Waals surface area contributed by atoms with Crippen molar-refractivity contribution in [3.05, 3.63) is 95.1 Å². The largest absolute Gasteiger partial charge is 0.448 e. The summed E-state index contributed by atoms with van der Waals surface area (Å²) in [5.74, 6) is -1.85. The van der Waals surface area contributed by atoms with Crippen LogP contribution in [0.1, 0.15) is 50.6 Å². The molecule has 1 fully saturated rings. The van der Waals surface area contributed by atoms with E-state index in [4.69, 9.17) is 4.74 Å². The summed E-state index contributed by atoms with van der Waals surface area (Å²) in [7, 11) is 0. The van der Waals surface area contributed by atoms with Crippen molar-refractivity contribution in [1.82, 2.24) is 15.3 Å². The fourth-order valence-corrected chi connectivity index (χ4v) is 5.41. The molecule has 1 atom stereocenters. The van der Waals surface area contributed by atoms with Crippen molar-refractivity contribution in [2.24, 2.45) is 0 Å². The smallest absolute Gasteiger partial charge is 0.410 e. The normalized spacial score (nSPS) is 18.2. The molecule has 180 valence electrons. The Hall–Kier alpha value is -4.46. The molecule has 1 N–H and O–H groups in total. The van der Waals surface area contributed by atoms with Crippen molar-refractivity contribution in [1.29, 1.82) is 0 Å². The molecule has 0 spiro atoms. The van der Waals surface area contributed by atoms with Crippen molar-refractivity contribution < 1.29 is 23.9 Å². The minimum Gasteiger partial charge on any atom is -0.448 e. The van der Waals surface area contributed by atoms with Crippen LogP contribution in [0.4, 0.5) is 4.79 Å². The summed E-state index contributed by atoms with van der Waals surface area (Å²) in [6, 6.07) is 21.7. The molecule has 36 heavy (non-hydrogen) atoms. The van der Waals surface area contributed by atoms with E-state index in [1.54, 1.807) is 24.3 Å². The van der Waals surface area contributed by atoms with Gasteiger partial charge in [0.2, 0.25) is 0 Å². The number of likely N-dealkylation sites (tertiary alicyclic amines) is 1. The van der Waals surface area contributed by atoms with Crippen LogP contribution >= 0.6 is 0 Å². The zero-order valence-electron chi connectivity index (χ0n) is 19.3. The Labute approximate surface area is 207 Å². The molecular weight excluding hydrogens is 458 g/mol. The summed E-state index contributed by atoms with van der Waals surface area (Å²) in [5, 5.41) is 0.723. The summed E-state index contributed by atoms with van der Waals surface area (Å²) in [6.07, 6.45) is 0.445. The van der Waals surface area contributed by atoms with Crippen LogP contribution < -0.4 is 5.43 Å². The molecule has 0 unspecified atom stereocenters. The Kier molecular flexibility index (Phi) is 5.29. The number of benzene rings is 3. The van der Waals surface area contributed by atoms with Crippen LogP contribution in [0.25, 0.3) is 11.1 Å². The molecule has 1 aliphatic carbocycles. The number of hydrazine groups is 1. The highest BCUT2D eigenvalue weighted by molar-refractivity contribution is 6.21. The Morgan fingerprint density at radius 1 is 0.806 bits per heavy atom. The van der Waals surface area contributed by atoms with Crippen LogP contribution in [0.15, 0.2) is 72.8 Å². The van der Waals surface area contributed by atoms with Gasteiger partial charge in [0.25, 0.3) is 17.7 Å². The summed E-state index contributed by atoms with van der Waals surface area (Å²) in [5.41, 5.74) is 7.37. The molecule has 3 aromatic rings. The lowest BCUT2D eigenvalue weighted by Gasteiger charge is -2.26. The van der Waals surface area contributed by atoms with E-state index in [1.807, 2.05) is 36.4 Å². The molecule has 0 bridgehead atoms. The van der Waals surface area contributed by atoms with Gasteiger partial charge in [0, 0.05) is 12.5 Å². The van der Waals surface area contributed by atoms with E-state index in [2.05, 4.69) is 17.6 Å². The first-order valence-corrected chi connectivity index (χ1v) is 11.9. The van der Waals surface area contributed by atoms with Crippen LogP contribution in [0.2, 0.25) is 0 Å². The van der Waals surface area contributed by atoms with Crippen molar-refractivity contribution in [2.45, 2.75) is 24.8 Å². The van der Waals surface area contributed by atoms with E-state index >= 15 is 0 Å². The Morgan fingerprint density at radius 2 is 1.33 bits per heavy atom. The van der Waals surface area contributed by atoms with Crippen LogP contribution in [0, 0.1) is 0 Å². The Bertz CT molecular complexity index is 1340. The lowest BCUT2D eigenvalue weighted by atomic mass is 9.98. The van der Waals surface area contributed by atoms with E-state index < -0.39 is 29.9 Å². The maximum atomic E-state index is 13.1. The van der Waals surface area contributed by atoms with Crippen molar-refractivity contribution in [2.75, 3.05) is 13.2 Å². The van der Waals surface area contributed by atoms with Crippen LogP contribution in [0.5, 0.6) is 0 Å². The Morgan fingerprint density at radius 3 is 1.92 bits per heavy atom. The average Bonchev–Trinajstić information content (AvgIpc) is 3.59. The third kappa shape index (κ3) is 3.45. The van der Waals surface area contributed by atoms with E-state index in [1.165, 1.54) is 4.90 Å². The average molecular weight is 482 g/mol. The molecule has 0 radical (unpaired) electrons. The fraction of sp³-hybridized carbons (Fsp3) is 0.214. The number of nitrogens with zero attached hydrogens (tertiary/aromatic N) is 2. The molecule has 8 nitrogen and oxygen atoms in total. The monoisotopic (exact) mass is 481 g/mol. The SMILES string of the molecule is O=C(NN1C(=O)c2ccccc2C1=O)[C@@H]1CCCN1C(=O)OCC1c2ccccc2-c2ccccc21. The number of hydrogen-bond donors (Lipinski definition) is 1. The van der Waals surface area contributed by atoms with E-state index in [0.717, 1.165) is 27.3 Å². The molecule has 1 saturated heterocycles. The first-order chi connectivity index (χ1) is 17.5. The molecular formula is C28H23N3O5. The standard InChI is InChI=1S/C28H23N3O5/c32-25(29-31-26(33)21-12-5-6-13-22(21)27(31)34)24-14-7-15-30(24)28(35)36-16-23-19-10-3-1-8-17(19)18-9-2-4-11-20(18)23/h1-6,8-13,23-24H,7,14-16H2,(H,29,32)/t24-/m0/s1. The molecule has 2 heterocycles. The predicted octanol–water partition coefficient (Wildman–Crippen LogP) is 3.73. The molecule has 8 heteroatoms. The van der Waals surface area contributed by atoms with Crippen molar-refractivity contribution in [3.8, 4) is 11.1 Å². The third-order valence-electron chi connectivity index (χ3n) is 7.14. The van der Waals surface area contributed by atoms with Gasteiger partial charge in [0.1, 0.15) is 12.6 Å². The van der Waals surface area contributed by atoms with Gasteiger partial charge in [-0.25, -0.2) is 4.79 Å². The minimum atomic E-state index is -0.829. The van der Waals surface area contributed by atoms with Crippen LogP contribution in [0.3, 0.4) is 0 Å². The van der Waals surface area contributed by atoms with Gasteiger partial charge in [-0.2, -0.15) is 5.01 Å². The third-order valence-corrected chi connectivity index (χ3v) is 7.14. The zero-order chi connectivity index (χ0) is 24.8. The fourth-order valence-electron chi connectivity index (χ4n) is 5.41. The molecule has 4 amide bonds. The first-order valence-electron chi connectivity index (χ1n) is 11.9. The summed E-state index contributed by atoms with van der Waals surface area (Å²) in [6.45, 7) is 0.507. The maximum Gasteiger partial charge on any atom is 0.410 e. The predicted molar refractivity (Wildman–Crippen MR) is 130 cm³/mol. The van der Waals surface area contributed by atoms with Gasteiger partial charge in [0.05, 0.1) is 11.1 Å². The highest BCUT2D eigenvalue weighted by atomic mass is 16.6. The highest BCUT2D eigenvalue weighted by Gasteiger charge is 2.41.